The molecule has 2 heterocycles. The number of carbonyl (C=O) groups is 1. The molecule has 10 nitrogen and oxygen atoms in total. The van der Waals surface area contributed by atoms with Crippen LogP contribution < -0.4 is 4.57 Å². The summed E-state index contributed by atoms with van der Waals surface area (Å²) < 4.78 is 21.4. The van der Waals surface area contributed by atoms with Gasteiger partial charge in [-0.2, -0.15) is 4.57 Å². The van der Waals surface area contributed by atoms with E-state index in [9.17, 15) is 24.7 Å². The second-order valence-corrected chi connectivity index (χ2v) is 5.95. The molecule has 1 aliphatic heterocycles. The highest BCUT2D eigenvalue weighted by molar-refractivity contribution is 7.46. The van der Waals surface area contributed by atoms with Gasteiger partial charge in [0.05, 0.1) is 6.61 Å². The lowest BCUT2D eigenvalue weighted by Crippen LogP contribution is -2.59. The molecule has 0 aliphatic carbocycles. The number of pyridine rings is 1. The molecule has 0 saturated carbocycles. The van der Waals surface area contributed by atoms with E-state index in [0.717, 1.165) is 0 Å². The molecule has 1 aromatic heterocycles. The van der Waals surface area contributed by atoms with E-state index in [4.69, 9.17) is 14.5 Å². The third kappa shape index (κ3) is 3.18. The summed E-state index contributed by atoms with van der Waals surface area (Å²) in [5.41, 5.74) is -2.70. The van der Waals surface area contributed by atoms with Crippen LogP contribution in [0.5, 0.6) is 0 Å². The molecule has 0 radical (unpaired) electrons. The summed E-state index contributed by atoms with van der Waals surface area (Å²) in [5, 5.41) is 29.5. The van der Waals surface area contributed by atoms with Crippen molar-refractivity contribution in [2.45, 2.75) is 24.0 Å². The fraction of sp³-hybridized carbons (Fsp3) is 0.455. The van der Waals surface area contributed by atoms with E-state index in [0.29, 0.717) is 0 Å². The Morgan fingerprint density at radius 1 is 1.32 bits per heavy atom. The van der Waals surface area contributed by atoms with Gasteiger partial charge in [0.1, 0.15) is 12.2 Å². The normalized spacial score (nSPS) is 32.1. The van der Waals surface area contributed by atoms with Crippen molar-refractivity contribution >= 4 is 13.8 Å². The minimum atomic E-state index is -4.83. The number of ether oxygens (including phenoxy) is 1. The number of carboxylic acids is 1. The van der Waals surface area contributed by atoms with Gasteiger partial charge in [0.15, 0.2) is 12.4 Å². The Morgan fingerprint density at radius 2 is 1.91 bits per heavy atom. The average Bonchev–Trinajstić information content (AvgIpc) is 2.71. The summed E-state index contributed by atoms with van der Waals surface area (Å²) in [6.45, 7) is -0.787. The maximum atomic E-state index is 11.4. The van der Waals surface area contributed by atoms with Crippen LogP contribution in [0.1, 0.15) is 6.23 Å². The van der Waals surface area contributed by atoms with Crippen LogP contribution in [0.25, 0.3) is 0 Å². The molecule has 0 spiro atoms. The second kappa shape index (κ2) is 6.01. The van der Waals surface area contributed by atoms with Crippen molar-refractivity contribution in [3.8, 4) is 0 Å². The first-order valence-electron chi connectivity index (χ1n) is 6.11. The number of hydrogen-bond donors (Lipinski definition) is 5. The SMILES string of the molecule is O=C(O)[C@@]1(O)[C@@H](O)[C@@H](COP(=O)(O)O)O[C@H]1[n+]1ccccc1. The van der Waals surface area contributed by atoms with Crippen LogP contribution in [0.2, 0.25) is 0 Å². The van der Waals surface area contributed by atoms with Gasteiger partial charge < -0.3 is 29.8 Å². The maximum Gasteiger partial charge on any atom is 0.469 e. The zero-order valence-electron chi connectivity index (χ0n) is 11.1. The summed E-state index contributed by atoms with van der Waals surface area (Å²) in [6, 6.07) is 4.76. The zero-order chi connectivity index (χ0) is 16.5. The Kier molecular flexibility index (Phi) is 4.64. The summed E-state index contributed by atoms with van der Waals surface area (Å²) in [7, 11) is -4.83. The molecule has 2 rings (SSSR count). The third-order valence-electron chi connectivity index (χ3n) is 3.24. The van der Waals surface area contributed by atoms with E-state index in [1.54, 1.807) is 18.2 Å². The van der Waals surface area contributed by atoms with Gasteiger partial charge in [-0.1, -0.05) is 6.07 Å². The highest BCUT2D eigenvalue weighted by Gasteiger charge is 2.66. The molecule has 11 heteroatoms. The van der Waals surface area contributed by atoms with Gasteiger partial charge >= 0.3 is 20.0 Å². The van der Waals surface area contributed by atoms with Crippen LogP contribution >= 0.6 is 7.82 Å². The molecule has 1 aromatic rings. The first-order chi connectivity index (χ1) is 10.2. The quantitative estimate of drug-likeness (QED) is 0.308. The smallest absolute Gasteiger partial charge is 0.469 e. The lowest BCUT2D eigenvalue weighted by atomic mass is 9.94. The molecule has 122 valence electrons. The Hall–Kier alpha value is -1.39. The molecule has 1 fully saturated rings. The fourth-order valence-electron chi connectivity index (χ4n) is 2.17. The average molecular weight is 336 g/mol. The molecular weight excluding hydrogens is 321 g/mol. The molecule has 1 aliphatic rings. The summed E-state index contributed by atoms with van der Waals surface area (Å²) in [6.07, 6.45) is -2.05. The van der Waals surface area contributed by atoms with E-state index in [1.165, 1.54) is 17.0 Å². The minimum Gasteiger partial charge on any atom is -0.479 e. The first kappa shape index (κ1) is 17.0. The van der Waals surface area contributed by atoms with E-state index in [2.05, 4.69) is 4.52 Å². The number of aliphatic hydroxyl groups excluding tert-OH is 1. The van der Waals surface area contributed by atoms with E-state index in [-0.39, 0.29) is 0 Å². The lowest BCUT2D eigenvalue weighted by molar-refractivity contribution is -0.770. The lowest BCUT2D eigenvalue weighted by Gasteiger charge is -2.22. The highest BCUT2D eigenvalue weighted by atomic mass is 31.2. The van der Waals surface area contributed by atoms with Crippen molar-refractivity contribution in [2.75, 3.05) is 6.61 Å². The zero-order valence-corrected chi connectivity index (χ0v) is 12.0. The Bertz CT molecular complexity index is 590. The van der Waals surface area contributed by atoms with E-state index < -0.39 is 44.4 Å². The molecule has 5 N–H and O–H groups in total. The van der Waals surface area contributed by atoms with Gasteiger partial charge in [0.2, 0.25) is 0 Å². The Balaban J connectivity index is 2.29. The van der Waals surface area contributed by atoms with Gasteiger partial charge in [-0.25, -0.2) is 9.36 Å². The Labute approximate surface area is 124 Å². The molecule has 22 heavy (non-hydrogen) atoms. The number of phosphoric acid groups is 1. The summed E-state index contributed by atoms with van der Waals surface area (Å²) in [5.74, 6) is -1.74. The van der Waals surface area contributed by atoms with E-state index in [1.807, 2.05) is 0 Å². The predicted octanol–water partition coefficient (Wildman–Crippen LogP) is -1.84. The molecule has 4 atom stereocenters. The van der Waals surface area contributed by atoms with Crippen molar-refractivity contribution in [3.05, 3.63) is 30.6 Å². The van der Waals surface area contributed by atoms with Gasteiger partial charge in [-0.3, -0.25) is 4.52 Å². The molecule has 0 amide bonds. The second-order valence-electron chi connectivity index (χ2n) is 4.71. The monoisotopic (exact) mass is 336 g/mol. The van der Waals surface area contributed by atoms with Gasteiger partial charge in [0, 0.05) is 12.1 Å². The number of rotatable bonds is 5. The highest BCUT2D eigenvalue weighted by Crippen LogP contribution is 2.40. The van der Waals surface area contributed by atoms with Crippen molar-refractivity contribution < 1.29 is 48.3 Å². The number of phosphoric ester groups is 1. The number of carboxylic acid groups (broad SMARTS) is 1. The topological polar surface area (TPSA) is 158 Å². The number of aromatic nitrogens is 1. The third-order valence-corrected chi connectivity index (χ3v) is 3.73. The molecular formula is C11H15NO9P+. The van der Waals surface area contributed by atoms with Crippen LogP contribution in [-0.4, -0.2) is 55.5 Å². The number of aliphatic carboxylic acids is 1. The van der Waals surface area contributed by atoms with Crippen molar-refractivity contribution in [3.63, 3.8) is 0 Å². The molecule has 0 aromatic carbocycles. The maximum absolute atomic E-state index is 11.4. The van der Waals surface area contributed by atoms with Crippen LogP contribution in [0, 0.1) is 0 Å². The fourth-order valence-corrected chi connectivity index (χ4v) is 2.51. The number of hydrogen-bond acceptors (Lipinski definition) is 6. The minimum absolute atomic E-state index is 0.787. The van der Waals surface area contributed by atoms with Gasteiger partial charge in [0.25, 0.3) is 5.60 Å². The van der Waals surface area contributed by atoms with Crippen LogP contribution in [0.3, 0.4) is 0 Å². The van der Waals surface area contributed by atoms with Crippen LogP contribution in [-0.2, 0) is 18.6 Å². The largest absolute Gasteiger partial charge is 0.479 e. The summed E-state index contributed by atoms with van der Waals surface area (Å²) >= 11 is 0. The molecule has 1 saturated heterocycles. The summed E-state index contributed by atoms with van der Waals surface area (Å²) in [4.78, 5) is 28.7. The standard InChI is InChI=1S/C11H14NO9P/c13-8-7(6-20-22(17,18)19)21-9(11(8,16)10(14)15)12-4-2-1-3-5-12/h1-5,7-9,13,16H,6H2,(H2-,14,15,17,18,19)/p+1/t7-,8+,9-,11-/m1/s1. The van der Waals surface area contributed by atoms with Gasteiger partial charge in [-0.05, 0) is 0 Å². The van der Waals surface area contributed by atoms with Crippen LogP contribution in [0.15, 0.2) is 30.6 Å². The number of nitrogens with zero attached hydrogens (tertiary/aromatic N) is 1. The van der Waals surface area contributed by atoms with Crippen molar-refractivity contribution in [1.29, 1.82) is 0 Å². The van der Waals surface area contributed by atoms with Crippen molar-refractivity contribution in [2.24, 2.45) is 0 Å². The first-order valence-corrected chi connectivity index (χ1v) is 7.64. The van der Waals surface area contributed by atoms with Crippen LogP contribution in [0.4, 0.5) is 0 Å². The number of aliphatic hydroxyl groups is 2. The molecule has 0 unspecified atom stereocenters. The van der Waals surface area contributed by atoms with Gasteiger partial charge in [-0.15, -0.1) is 0 Å². The van der Waals surface area contributed by atoms with Crippen molar-refractivity contribution in [1.82, 2.24) is 0 Å². The Morgan fingerprint density at radius 3 is 2.41 bits per heavy atom. The molecule has 0 bridgehead atoms. The predicted molar refractivity (Wildman–Crippen MR) is 67.1 cm³/mol. The van der Waals surface area contributed by atoms with E-state index >= 15 is 0 Å².